The number of urea groups is 1. The Morgan fingerprint density at radius 2 is 2.15 bits per heavy atom. The van der Waals surface area contributed by atoms with Crippen LogP contribution in [0.4, 0.5) is 4.79 Å². The fraction of sp³-hybridized carbons (Fsp3) is 0.526. The molecule has 1 aliphatic rings. The van der Waals surface area contributed by atoms with Gasteiger partial charge in [0.15, 0.2) is 5.82 Å². The summed E-state index contributed by atoms with van der Waals surface area (Å²) in [5.41, 5.74) is 2.27. The largest absolute Gasteiger partial charge is 0.382 e. The molecule has 2 amide bonds. The Morgan fingerprint density at radius 3 is 2.93 bits per heavy atom. The number of hydrogen-bond donors (Lipinski definition) is 1. The summed E-state index contributed by atoms with van der Waals surface area (Å²) in [5, 5.41) is 7.02. The molecule has 27 heavy (non-hydrogen) atoms. The van der Waals surface area contributed by atoms with E-state index in [9.17, 15) is 4.79 Å². The van der Waals surface area contributed by atoms with Crippen molar-refractivity contribution in [3.63, 3.8) is 0 Å². The number of carbonyl (C=O) groups excluding carboxylic acids is 1. The van der Waals surface area contributed by atoms with E-state index >= 15 is 0 Å². The highest BCUT2D eigenvalue weighted by Crippen LogP contribution is 2.30. The van der Waals surface area contributed by atoms with E-state index in [-0.39, 0.29) is 18.7 Å². The molecule has 8 nitrogen and oxygen atoms in total. The van der Waals surface area contributed by atoms with E-state index in [1.165, 1.54) is 5.56 Å². The highest BCUT2D eigenvalue weighted by Gasteiger charge is 2.33. The number of aromatic nitrogens is 2. The summed E-state index contributed by atoms with van der Waals surface area (Å²) in [5.74, 6) is 0.941. The molecule has 2 heterocycles. The van der Waals surface area contributed by atoms with Gasteiger partial charge in [0.05, 0.1) is 19.3 Å². The molecular weight excluding hydrogens is 348 g/mol. The third-order valence-electron chi connectivity index (χ3n) is 4.52. The number of hydrogen-bond acceptors (Lipinski definition) is 6. The van der Waals surface area contributed by atoms with Gasteiger partial charge in [-0.05, 0) is 25.3 Å². The van der Waals surface area contributed by atoms with Crippen molar-refractivity contribution in [2.75, 3.05) is 26.9 Å². The van der Waals surface area contributed by atoms with Gasteiger partial charge in [-0.15, -0.1) is 0 Å². The topological polar surface area (TPSA) is 89.7 Å². The average Bonchev–Trinajstić information content (AvgIpc) is 3.33. The zero-order chi connectivity index (χ0) is 19.1. The van der Waals surface area contributed by atoms with Gasteiger partial charge in [0.1, 0.15) is 6.61 Å². The van der Waals surface area contributed by atoms with Gasteiger partial charge in [-0.2, -0.15) is 4.98 Å². The van der Waals surface area contributed by atoms with Gasteiger partial charge < -0.3 is 24.2 Å². The summed E-state index contributed by atoms with van der Waals surface area (Å²) in [6.45, 7) is 4.43. The minimum atomic E-state index is -0.167. The second kappa shape index (κ2) is 9.48. The molecule has 1 saturated heterocycles. The number of amides is 2. The normalized spacial score (nSPS) is 16.7. The van der Waals surface area contributed by atoms with Crippen LogP contribution in [-0.4, -0.2) is 47.9 Å². The molecule has 0 spiro atoms. The molecule has 0 bridgehead atoms. The molecule has 2 aromatic rings. The second-order valence-electron chi connectivity index (χ2n) is 6.59. The van der Waals surface area contributed by atoms with Crippen LogP contribution in [0.25, 0.3) is 0 Å². The molecule has 3 rings (SSSR count). The lowest BCUT2D eigenvalue weighted by Crippen LogP contribution is -2.39. The predicted molar refractivity (Wildman–Crippen MR) is 97.9 cm³/mol. The third-order valence-corrected chi connectivity index (χ3v) is 4.52. The van der Waals surface area contributed by atoms with Crippen LogP contribution in [0, 0.1) is 6.92 Å². The summed E-state index contributed by atoms with van der Waals surface area (Å²) < 4.78 is 15.6. The Hall–Kier alpha value is -2.45. The first-order chi connectivity index (χ1) is 13.2. The number of aryl methyl sites for hydroxylation is 1. The summed E-state index contributed by atoms with van der Waals surface area (Å²) in [6.07, 6.45) is 1.73. The Labute approximate surface area is 158 Å². The van der Waals surface area contributed by atoms with Crippen molar-refractivity contribution in [2.24, 2.45) is 0 Å². The quantitative estimate of drug-likeness (QED) is 0.715. The third kappa shape index (κ3) is 5.27. The maximum Gasteiger partial charge on any atom is 0.318 e. The van der Waals surface area contributed by atoms with E-state index in [2.05, 4.69) is 15.5 Å². The smallest absolute Gasteiger partial charge is 0.318 e. The number of nitrogens with zero attached hydrogens (tertiary/aromatic N) is 3. The first-order valence-electron chi connectivity index (χ1n) is 9.16. The van der Waals surface area contributed by atoms with E-state index in [4.69, 9.17) is 14.0 Å². The average molecular weight is 374 g/mol. The van der Waals surface area contributed by atoms with Gasteiger partial charge in [0.25, 0.3) is 5.89 Å². The summed E-state index contributed by atoms with van der Waals surface area (Å²) >= 11 is 0. The molecule has 8 heteroatoms. The lowest BCUT2D eigenvalue weighted by Gasteiger charge is -2.22. The molecule has 0 saturated carbocycles. The molecule has 1 aromatic heterocycles. The molecular formula is C19H26N4O4. The van der Waals surface area contributed by atoms with Crippen LogP contribution >= 0.6 is 0 Å². The number of likely N-dealkylation sites (tertiary alicyclic amines) is 1. The number of benzene rings is 1. The molecule has 1 unspecified atom stereocenters. The van der Waals surface area contributed by atoms with Crippen molar-refractivity contribution in [1.29, 1.82) is 0 Å². The lowest BCUT2D eigenvalue weighted by atomic mass is 10.1. The summed E-state index contributed by atoms with van der Waals surface area (Å²) in [7, 11) is 1.62. The first kappa shape index (κ1) is 19.3. The Bertz CT molecular complexity index is 732. The maximum absolute atomic E-state index is 12.6. The number of nitrogens with one attached hydrogen (secondary N) is 1. The van der Waals surface area contributed by atoms with Crippen molar-refractivity contribution in [3.8, 4) is 0 Å². The SMILES string of the molecule is COCCOCc1nc(C2CCCN2C(=O)NCc2ccc(C)cc2)no1. The second-order valence-corrected chi connectivity index (χ2v) is 6.59. The molecule has 1 aliphatic heterocycles. The van der Waals surface area contributed by atoms with Crippen LogP contribution in [-0.2, 0) is 22.6 Å². The number of rotatable bonds is 8. The minimum absolute atomic E-state index is 0.110. The molecule has 0 aliphatic carbocycles. The molecule has 146 valence electrons. The molecule has 1 N–H and O–H groups in total. The number of ether oxygens (including phenoxy) is 2. The summed E-state index contributed by atoms with van der Waals surface area (Å²) in [4.78, 5) is 18.8. The van der Waals surface area contributed by atoms with Gasteiger partial charge >= 0.3 is 6.03 Å². The van der Waals surface area contributed by atoms with Gasteiger partial charge in [0.2, 0.25) is 0 Å². The number of carbonyl (C=O) groups is 1. The predicted octanol–water partition coefficient (Wildman–Crippen LogP) is 2.59. The highest BCUT2D eigenvalue weighted by atomic mass is 16.5. The van der Waals surface area contributed by atoms with Gasteiger partial charge in [-0.25, -0.2) is 4.79 Å². The van der Waals surface area contributed by atoms with Crippen molar-refractivity contribution in [1.82, 2.24) is 20.4 Å². The highest BCUT2D eigenvalue weighted by molar-refractivity contribution is 5.75. The fourth-order valence-corrected chi connectivity index (χ4v) is 3.03. The van der Waals surface area contributed by atoms with Gasteiger partial charge in [-0.1, -0.05) is 35.0 Å². The fourth-order valence-electron chi connectivity index (χ4n) is 3.03. The van der Waals surface area contributed by atoms with E-state index in [1.807, 2.05) is 31.2 Å². The van der Waals surface area contributed by atoms with Crippen LogP contribution in [0.3, 0.4) is 0 Å². The lowest BCUT2D eigenvalue weighted by molar-refractivity contribution is 0.0494. The zero-order valence-electron chi connectivity index (χ0n) is 15.8. The first-order valence-corrected chi connectivity index (χ1v) is 9.16. The van der Waals surface area contributed by atoms with Crippen molar-refractivity contribution in [2.45, 2.75) is 39.0 Å². The molecule has 1 fully saturated rings. The van der Waals surface area contributed by atoms with Crippen molar-refractivity contribution < 1.29 is 18.8 Å². The standard InChI is InChI=1S/C19H26N4O4/c1-14-5-7-15(8-6-14)12-20-19(24)23-9-3-4-16(23)18-21-17(27-22-18)13-26-11-10-25-2/h5-8,16H,3-4,9-13H2,1-2H3,(H,20,24). The van der Waals surface area contributed by atoms with Crippen LogP contribution in [0.2, 0.25) is 0 Å². The molecule has 1 aromatic carbocycles. The van der Waals surface area contributed by atoms with E-state index in [0.29, 0.717) is 38.0 Å². The number of methoxy groups -OCH3 is 1. The van der Waals surface area contributed by atoms with Crippen LogP contribution in [0.15, 0.2) is 28.8 Å². The van der Waals surface area contributed by atoms with Crippen LogP contribution in [0.5, 0.6) is 0 Å². The van der Waals surface area contributed by atoms with Crippen molar-refractivity contribution >= 4 is 6.03 Å². The van der Waals surface area contributed by atoms with Crippen molar-refractivity contribution in [3.05, 3.63) is 47.1 Å². The summed E-state index contributed by atoms with van der Waals surface area (Å²) in [6, 6.07) is 7.84. The Morgan fingerprint density at radius 1 is 1.33 bits per heavy atom. The monoisotopic (exact) mass is 374 g/mol. The van der Waals surface area contributed by atoms with E-state index < -0.39 is 0 Å². The van der Waals surface area contributed by atoms with Gasteiger partial charge in [0, 0.05) is 20.2 Å². The van der Waals surface area contributed by atoms with E-state index in [0.717, 1.165) is 18.4 Å². The van der Waals surface area contributed by atoms with Crippen LogP contribution < -0.4 is 5.32 Å². The maximum atomic E-state index is 12.6. The van der Waals surface area contributed by atoms with E-state index in [1.54, 1.807) is 12.0 Å². The van der Waals surface area contributed by atoms with Gasteiger partial charge in [-0.3, -0.25) is 0 Å². The molecule has 1 atom stereocenters. The Balaban J connectivity index is 1.54. The Kier molecular flexibility index (Phi) is 6.78. The zero-order valence-corrected chi connectivity index (χ0v) is 15.8. The molecule has 0 radical (unpaired) electrons. The minimum Gasteiger partial charge on any atom is -0.382 e. The van der Waals surface area contributed by atoms with Crippen LogP contribution in [0.1, 0.15) is 41.7 Å².